The number of aromatic nitrogens is 2. The summed E-state index contributed by atoms with van der Waals surface area (Å²) in [5, 5.41) is 7.54. The molecule has 122 valence electrons. The lowest BCUT2D eigenvalue weighted by Gasteiger charge is -2.15. The Morgan fingerprint density at radius 2 is 2.00 bits per heavy atom. The zero-order valence-electron chi connectivity index (χ0n) is 13.3. The van der Waals surface area contributed by atoms with Crippen LogP contribution in [0.2, 0.25) is 0 Å². The van der Waals surface area contributed by atoms with Crippen LogP contribution in [0.3, 0.4) is 0 Å². The Bertz CT molecular complexity index is 696. The van der Waals surface area contributed by atoms with Gasteiger partial charge in [-0.3, -0.25) is 4.79 Å². The lowest BCUT2D eigenvalue weighted by Crippen LogP contribution is -2.20. The molecule has 1 saturated carbocycles. The number of amides is 1. The first kappa shape index (κ1) is 15.5. The molecule has 0 bridgehead atoms. The standard InChI is InChI=1S/C15H23N3O3S/c1-15(2,3)12-8-13(16-14(19)10-4-5-10)18(17-12)11-6-7-22(20,21)9-11/h8,10-11H,4-7,9H2,1-3H3,(H,16,19). The third-order valence-electron chi connectivity index (χ3n) is 4.26. The number of hydrogen-bond acceptors (Lipinski definition) is 4. The molecule has 1 aliphatic carbocycles. The molecular weight excluding hydrogens is 302 g/mol. The lowest BCUT2D eigenvalue weighted by atomic mass is 9.92. The van der Waals surface area contributed by atoms with Gasteiger partial charge in [-0.1, -0.05) is 20.8 Å². The van der Waals surface area contributed by atoms with Crippen molar-refractivity contribution in [3.05, 3.63) is 11.8 Å². The van der Waals surface area contributed by atoms with Gasteiger partial charge >= 0.3 is 0 Å². The maximum Gasteiger partial charge on any atom is 0.228 e. The quantitative estimate of drug-likeness (QED) is 0.920. The highest BCUT2D eigenvalue weighted by molar-refractivity contribution is 7.91. The van der Waals surface area contributed by atoms with Crippen LogP contribution in [0.4, 0.5) is 5.82 Å². The summed E-state index contributed by atoms with van der Waals surface area (Å²) < 4.78 is 25.2. The molecule has 3 rings (SSSR count). The molecule has 1 unspecified atom stereocenters. The van der Waals surface area contributed by atoms with E-state index in [9.17, 15) is 13.2 Å². The van der Waals surface area contributed by atoms with Gasteiger partial charge in [-0.15, -0.1) is 0 Å². The van der Waals surface area contributed by atoms with E-state index in [1.807, 2.05) is 6.07 Å². The normalized spacial score (nSPS) is 24.4. The molecule has 0 radical (unpaired) electrons. The molecule has 2 fully saturated rings. The molecule has 1 aromatic heterocycles. The molecular formula is C15H23N3O3S. The number of nitrogens with one attached hydrogen (secondary N) is 1. The van der Waals surface area contributed by atoms with Gasteiger partial charge in [-0.25, -0.2) is 13.1 Å². The van der Waals surface area contributed by atoms with Gasteiger partial charge in [0.15, 0.2) is 9.84 Å². The molecule has 0 spiro atoms. The van der Waals surface area contributed by atoms with Gasteiger partial charge in [0.05, 0.1) is 23.2 Å². The molecule has 1 aliphatic heterocycles. The van der Waals surface area contributed by atoms with E-state index in [0.29, 0.717) is 12.2 Å². The number of carbonyl (C=O) groups is 1. The van der Waals surface area contributed by atoms with Gasteiger partial charge in [-0.05, 0) is 19.3 Å². The average molecular weight is 325 g/mol. The maximum atomic E-state index is 12.1. The van der Waals surface area contributed by atoms with Gasteiger partial charge in [-0.2, -0.15) is 5.10 Å². The maximum absolute atomic E-state index is 12.1. The monoisotopic (exact) mass is 325 g/mol. The van der Waals surface area contributed by atoms with Crippen LogP contribution in [0.5, 0.6) is 0 Å². The number of hydrogen-bond donors (Lipinski definition) is 1. The Labute approximate surface area is 131 Å². The molecule has 0 aromatic carbocycles. The second-order valence-corrected chi connectivity index (χ2v) is 9.66. The molecule has 2 aliphatic rings. The third-order valence-corrected chi connectivity index (χ3v) is 6.01. The first-order valence-corrected chi connectivity index (χ1v) is 9.59. The molecule has 1 saturated heterocycles. The smallest absolute Gasteiger partial charge is 0.228 e. The van der Waals surface area contributed by atoms with Crippen LogP contribution in [-0.2, 0) is 20.0 Å². The summed E-state index contributed by atoms with van der Waals surface area (Å²) in [7, 11) is -2.99. The summed E-state index contributed by atoms with van der Waals surface area (Å²) in [6.07, 6.45) is 2.42. The van der Waals surface area contributed by atoms with Crippen LogP contribution in [-0.4, -0.2) is 35.6 Å². The molecule has 1 aromatic rings. The molecule has 1 amide bonds. The second-order valence-electron chi connectivity index (χ2n) is 7.43. The molecule has 7 heteroatoms. The van der Waals surface area contributed by atoms with Crippen LogP contribution in [0.15, 0.2) is 6.07 Å². The van der Waals surface area contributed by atoms with Crippen LogP contribution in [0.25, 0.3) is 0 Å². The molecule has 22 heavy (non-hydrogen) atoms. The molecule has 6 nitrogen and oxygen atoms in total. The largest absolute Gasteiger partial charge is 0.311 e. The molecule has 1 N–H and O–H groups in total. The van der Waals surface area contributed by atoms with Gasteiger partial charge in [0.1, 0.15) is 5.82 Å². The highest BCUT2D eigenvalue weighted by atomic mass is 32.2. The fourth-order valence-electron chi connectivity index (χ4n) is 2.67. The summed E-state index contributed by atoms with van der Waals surface area (Å²) in [6, 6.07) is 1.70. The van der Waals surface area contributed by atoms with Crippen LogP contribution in [0, 0.1) is 5.92 Å². The minimum absolute atomic E-state index is 0.0162. The topological polar surface area (TPSA) is 81.1 Å². The van der Waals surface area contributed by atoms with E-state index in [4.69, 9.17) is 0 Å². The zero-order chi connectivity index (χ0) is 16.1. The highest BCUT2D eigenvalue weighted by Gasteiger charge is 2.34. The Balaban J connectivity index is 1.92. The number of nitrogens with zero attached hydrogens (tertiary/aromatic N) is 2. The van der Waals surface area contributed by atoms with Crippen molar-refractivity contribution < 1.29 is 13.2 Å². The number of anilines is 1. The van der Waals surface area contributed by atoms with E-state index in [0.717, 1.165) is 18.5 Å². The van der Waals surface area contributed by atoms with Crippen molar-refractivity contribution >= 4 is 21.6 Å². The van der Waals surface area contributed by atoms with Gasteiger partial charge in [0.2, 0.25) is 5.91 Å². The van der Waals surface area contributed by atoms with Crippen molar-refractivity contribution in [2.45, 2.75) is 51.5 Å². The van der Waals surface area contributed by atoms with Crippen molar-refractivity contribution in [1.29, 1.82) is 0 Å². The Morgan fingerprint density at radius 3 is 2.50 bits per heavy atom. The fraction of sp³-hybridized carbons (Fsp3) is 0.733. The first-order chi connectivity index (χ1) is 10.2. The minimum Gasteiger partial charge on any atom is -0.311 e. The predicted octanol–water partition coefficient (Wildman–Crippen LogP) is 1.89. The number of carbonyl (C=O) groups excluding carboxylic acids is 1. The number of rotatable bonds is 3. The second kappa shape index (κ2) is 5.08. The number of sulfone groups is 1. The van der Waals surface area contributed by atoms with E-state index in [1.54, 1.807) is 4.68 Å². The Kier molecular flexibility index (Phi) is 3.58. The molecule has 2 heterocycles. The summed E-state index contributed by atoms with van der Waals surface area (Å²) in [6.45, 7) is 6.16. The van der Waals surface area contributed by atoms with Gasteiger partial charge < -0.3 is 5.32 Å². The van der Waals surface area contributed by atoms with Crippen LogP contribution < -0.4 is 5.32 Å². The summed E-state index contributed by atoms with van der Waals surface area (Å²) in [5.41, 5.74) is 0.713. The van der Waals surface area contributed by atoms with Crippen molar-refractivity contribution in [2.75, 3.05) is 16.8 Å². The van der Waals surface area contributed by atoms with E-state index in [-0.39, 0.29) is 34.8 Å². The van der Waals surface area contributed by atoms with E-state index < -0.39 is 9.84 Å². The Morgan fingerprint density at radius 1 is 1.32 bits per heavy atom. The SMILES string of the molecule is CC(C)(C)c1cc(NC(=O)C2CC2)n(C2CCS(=O)(=O)C2)n1. The van der Waals surface area contributed by atoms with E-state index in [2.05, 4.69) is 31.2 Å². The van der Waals surface area contributed by atoms with Crippen molar-refractivity contribution in [3.8, 4) is 0 Å². The zero-order valence-corrected chi connectivity index (χ0v) is 14.1. The average Bonchev–Trinajstić information content (AvgIpc) is 3.06. The first-order valence-electron chi connectivity index (χ1n) is 7.77. The van der Waals surface area contributed by atoms with E-state index >= 15 is 0 Å². The van der Waals surface area contributed by atoms with E-state index in [1.165, 1.54) is 0 Å². The lowest BCUT2D eigenvalue weighted by molar-refractivity contribution is -0.117. The third kappa shape index (κ3) is 3.19. The van der Waals surface area contributed by atoms with Crippen molar-refractivity contribution in [3.63, 3.8) is 0 Å². The summed E-state index contributed by atoms with van der Waals surface area (Å²) >= 11 is 0. The summed E-state index contributed by atoms with van der Waals surface area (Å²) in [4.78, 5) is 12.1. The highest BCUT2D eigenvalue weighted by Crippen LogP contribution is 2.33. The Hall–Kier alpha value is -1.37. The van der Waals surface area contributed by atoms with Gasteiger partial charge in [0, 0.05) is 17.4 Å². The van der Waals surface area contributed by atoms with Gasteiger partial charge in [0.25, 0.3) is 0 Å². The van der Waals surface area contributed by atoms with Crippen LogP contribution >= 0.6 is 0 Å². The fourth-order valence-corrected chi connectivity index (χ4v) is 4.37. The summed E-state index contributed by atoms with van der Waals surface area (Å²) in [5.74, 6) is 1.04. The minimum atomic E-state index is -2.99. The van der Waals surface area contributed by atoms with Crippen LogP contribution in [0.1, 0.15) is 51.8 Å². The van der Waals surface area contributed by atoms with Crippen molar-refractivity contribution in [2.24, 2.45) is 5.92 Å². The molecule has 1 atom stereocenters. The predicted molar refractivity (Wildman–Crippen MR) is 84.6 cm³/mol. The van der Waals surface area contributed by atoms with Crippen molar-refractivity contribution in [1.82, 2.24) is 9.78 Å².